The number of benzene rings is 1. The summed E-state index contributed by atoms with van der Waals surface area (Å²) < 4.78 is 7.61. The van der Waals surface area contributed by atoms with Gasteiger partial charge in [0.2, 0.25) is 0 Å². The van der Waals surface area contributed by atoms with E-state index in [4.69, 9.17) is 4.74 Å². The van der Waals surface area contributed by atoms with Crippen molar-refractivity contribution in [3.8, 4) is 0 Å². The van der Waals surface area contributed by atoms with E-state index < -0.39 is 11.6 Å². The molecular weight excluding hydrogens is 381 g/mol. The average molecular weight is 399 g/mol. The minimum atomic E-state index is -0.550. The third-order valence-electron chi connectivity index (χ3n) is 2.89. The van der Waals surface area contributed by atoms with Gasteiger partial charge in [-0.3, -0.25) is 0 Å². The monoisotopic (exact) mass is 399 g/mol. The van der Waals surface area contributed by atoms with Crippen LogP contribution in [0.15, 0.2) is 30.3 Å². The summed E-state index contributed by atoms with van der Waals surface area (Å²) in [4.78, 5) is 12.4. The van der Waals surface area contributed by atoms with Crippen molar-refractivity contribution in [1.82, 2.24) is 15.0 Å². The van der Waals surface area contributed by atoms with Crippen molar-refractivity contribution in [1.29, 1.82) is 0 Å². The topological polar surface area (TPSA) is 57.0 Å². The van der Waals surface area contributed by atoms with Gasteiger partial charge in [-0.15, -0.1) is 5.10 Å². The molecule has 0 N–H and O–H groups in total. The molecule has 2 aromatic rings. The van der Waals surface area contributed by atoms with Gasteiger partial charge in [0, 0.05) is 0 Å². The van der Waals surface area contributed by atoms with Crippen LogP contribution in [0.4, 0.5) is 0 Å². The van der Waals surface area contributed by atoms with Crippen LogP contribution in [0.3, 0.4) is 0 Å². The minimum absolute atomic E-state index is 0.0928. The summed E-state index contributed by atoms with van der Waals surface area (Å²) in [6.45, 7) is 7.50. The van der Waals surface area contributed by atoms with Gasteiger partial charge in [0.15, 0.2) is 9.39 Å². The van der Waals surface area contributed by atoms with Gasteiger partial charge >= 0.3 is 5.97 Å². The first-order valence-corrected chi connectivity index (χ1v) is 7.76. The number of carbonyl (C=O) groups is 1. The number of ether oxygens (including phenoxy) is 1. The number of hydrogen-bond donors (Lipinski definition) is 0. The van der Waals surface area contributed by atoms with E-state index in [2.05, 4.69) is 10.3 Å². The van der Waals surface area contributed by atoms with Gasteiger partial charge in [0.05, 0.1) is 6.04 Å². The number of rotatable bonds is 3. The summed E-state index contributed by atoms with van der Waals surface area (Å²) >= 11 is 2.01. The molecule has 0 unspecified atom stereocenters. The van der Waals surface area contributed by atoms with Gasteiger partial charge in [-0.05, 0) is 55.8 Å². The Morgan fingerprint density at radius 2 is 1.90 bits per heavy atom. The lowest BCUT2D eigenvalue weighted by molar-refractivity contribution is 0.00536. The predicted octanol–water partition coefficient (Wildman–Crippen LogP) is 3.45. The molecule has 1 aromatic carbocycles. The Morgan fingerprint density at radius 3 is 2.48 bits per heavy atom. The van der Waals surface area contributed by atoms with Crippen LogP contribution in [-0.4, -0.2) is 26.6 Å². The molecule has 0 aliphatic rings. The van der Waals surface area contributed by atoms with E-state index in [9.17, 15) is 4.79 Å². The number of halogens is 1. The van der Waals surface area contributed by atoms with Crippen LogP contribution in [0.25, 0.3) is 0 Å². The van der Waals surface area contributed by atoms with Gasteiger partial charge in [0.25, 0.3) is 0 Å². The summed E-state index contributed by atoms with van der Waals surface area (Å²) in [6, 6.07) is 9.78. The fraction of sp³-hybridized carbons (Fsp3) is 0.400. The Bertz CT molecular complexity index is 632. The smallest absolute Gasteiger partial charge is 0.359 e. The summed E-state index contributed by atoms with van der Waals surface area (Å²) in [5.41, 5.74) is 0.899. The van der Waals surface area contributed by atoms with Crippen LogP contribution < -0.4 is 0 Å². The normalized spacial score (nSPS) is 13.0. The van der Waals surface area contributed by atoms with Gasteiger partial charge in [-0.1, -0.05) is 35.5 Å². The summed E-state index contributed by atoms with van der Waals surface area (Å²) in [7, 11) is 0. The maximum Gasteiger partial charge on any atom is 0.359 e. The second kappa shape index (κ2) is 6.13. The quantitative estimate of drug-likeness (QED) is 0.586. The molecule has 0 saturated heterocycles. The van der Waals surface area contributed by atoms with E-state index in [1.807, 2.05) is 80.6 Å². The van der Waals surface area contributed by atoms with E-state index in [0.29, 0.717) is 9.39 Å². The number of carbonyl (C=O) groups excluding carboxylic acids is 1. The summed E-state index contributed by atoms with van der Waals surface area (Å²) in [5.74, 6) is -0.403. The predicted molar refractivity (Wildman–Crippen MR) is 88.2 cm³/mol. The Hall–Kier alpha value is -1.44. The molecule has 1 aromatic heterocycles. The van der Waals surface area contributed by atoms with Crippen molar-refractivity contribution in [2.45, 2.75) is 39.3 Å². The number of aromatic nitrogens is 3. The largest absolute Gasteiger partial charge is 0.455 e. The standard InChI is InChI=1S/C15H18IN3O2/c1-10(11-8-6-5-7-9-11)19-12(13(16)17-18-19)14(20)21-15(2,3)4/h5-10H,1-4H3/t10-/m1/s1. The lowest BCUT2D eigenvalue weighted by Gasteiger charge is -2.21. The molecule has 0 bridgehead atoms. The van der Waals surface area contributed by atoms with Gasteiger partial charge < -0.3 is 4.74 Å². The van der Waals surface area contributed by atoms with Crippen molar-refractivity contribution in [2.75, 3.05) is 0 Å². The number of esters is 1. The molecule has 6 heteroatoms. The lowest BCUT2D eigenvalue weighted by Crippen LogP contribution is -2.27. The Morgan fingerprint density at radius 1 is 1.29 bits per heavy atom. The third kappa shape index (κ3) is 3.81. The third-order valence-corrected chi connectivity index (χ3v) is 3.62. The molecule has 1 atom stereocenters. The lowest BCUT2D eigenvalue weighted by atomic mass is 10.1. The van der Waals surface area contributed by atoms with Crippen LogP contribution in [0.2, 0.25) is 0 Å². The Balaban J connectivity index is 2.36. The van der Waals surface area contributed by atoms with E-state index in [1.165, 1.54) is 0 Å². The van der Waals surface area contributed by atoms with E-state index in [0.717, 1.165) is 5.56 Å². The van der Waals surface area contributed by atoms with Crippen LogP contribution >= 0.6 is 22.6 Å². The molecule has 1 heterocycles. The molecule has 0 saturated carbocycles. The zero-order chi connectivity index (χ0) is 15.6. The molecule has 0 fully saturated rings. The SMILES string of the molecule is C[C@H](c1ccccc1)n1nnc(I)c1C(=O)OC(C)(C)C. The average Bonchev–Trinajstić information content (AvgIpc) is 2.79. The van der Waals surface area contributed by atoms with Crippen molar-refractivity contribution < 1.29 is 9.53 Å². The second-order valence-electron chi connectivity index (χ2n) is 5.76. The number of nitrogens with zero attached hydrogens (tertiary/aromatic N) is 3. The minimum Gasteiger partial charge on any atom is -0.455 e. The fourth-order valence-electron chi connectivity index (χ4n) is 1.92. The number of hydrogen-bond acceptors (Lipinski definition) is 4. The molecule has 21 heavy (non-hydrogen) atoms. The molecule has 5 nitrogen and oxygen atoms in total. The van der Waals surface area contributed by atoms with Crippen LogP contribution in [0.1, 0.15) is 49.8 Å². The van der Waals surface area contributed by atoms with E-state index >= 15 is 0 Å². The fourth-order valence-corrected chi connectivity index (χ4v) is 2.49. The maximum atomic E-state index is 12.4. The molecule has 0 spiro atoms. The van der Waals surface area contributed by atoms with E-state index in [1.54, 1.807) is 4.68 Å². The highest BCUT2D eigenvalue weighted by Crippen LogP contribution is 2.22. The Labute approximate surface area is 137 Å². The maximum absolute atomic E-state index is 12.4. The Kier molecular flexibility index (Phi) is 4.65. The van der Waals surface area contributed by atoms with Gasteiger partial charge in [0.1, 0.15) is 5.60 Å². The van der Waals surface area contributed by atoms with Gasteiger partial charge in [-0.25, -0.2) is 9.48 Å². The molecule has 0 radical (unpaired) electrons. The highest BCUT2D eigenvalue weighted by Gasteiger charge is 2.27. The van der Waals surface area contributed by atoms with Crippen LogP contribution in [0.5, 0.6) is 0 Å². The first-order valence-electron chi connectivity index (χ1n) is 6.68. The highest BCUT2D eigenvalue weighted by atomic mass is 127. The van der Waals surface area contributed by atoms with Crippen LogP contribution in [-0.2, 0) is 4.74 Å². The molecule has 0 aliphatic carbocycles. The zero-order valence-corrected chi connectivity index (χ0v) is 14.7. The first kappa shape index (κ1) is 15.9. The molecule has 0 aliphatic heterocycles. The second-order valence-corrected chi connectivity index (χ2v) is 6.78. The highest BCUT2D eigenvalue weighted by molar-refractivity contribution is 14.1. The molecule has 0 amide bonds. The van der Waals surface area contributed by atoms with Crippen LogP contribution in [0, 0.1) is 3.70 Å². The van der Waals surface area contributed by atoms with Crippen molar-refractivity contribution in [3.05, 3.63) is 45.3 Å². The summed E-state index contributed by atoms with van der Waals surface area (Å²) in [5, 5.41) is 8.11. The zero-order valence-electron chi connectivity index (χ0n) is 12.5. The molecule has 2 rings (SSSR count). The van der Waals surface area contributed by atoms with Crippen molar-refractivity contribution in [2.24, 2.45) is 0 Å². The first-order chi connectivity index (χ1) is 9.79. The molecular formula is C15H18IN3O2. The van der Waals surface area contributed by atoms with Crippen molar-refractivity contribution in [3.63, 3.8) is 0 Å². The summed E-state index contributed by atoms with van der Waals surface area (Å²) in [6.07, 6.45) is 0. The van der Waals surface area contributed by atoms with Gasteiger partial charge in [-0.2, -0.15) is 0 Å². The molecule has 112 valence electrons. The van der Waals surface area contributed by atoms with E-state index in [-0.39, 0.29) is 6.04 Å². The van der Waals surface area contributed by atoms with Crippen molar-refractivity contribution >= 4 is 28.6 Å².